The van der Waals surface area contributed by atoms with Crippen LogP contribution in [0.15, 0.2) is 34.1 Å². The number of rotatable bonds is 7. The Morgan fingerprint density at radius 3 is 2.70 bits per heavy atom. The van der Waals surface area contributed by atoms with Gasteiger partial charge in [-0.15, -0.1) is 0 Å². The SMILES string of the molecule is COC(=O)c1c(SCC(=O)Nc2ccccc2OC(F)F)nc(=O)[nH]c1C. The third kappa shape index (κ3) is 5.51. The molecule has 8 nitrogen and oxygen atoms in total. The lowest BCUT2D eigenvalue weighted by atomic mass is 10.2. The smallest absolute Gasteiger partial charge is 0.387 e. The van der Waals surface area contributed by atoms with E-state index in [-0.39, 0.29) is 33.5 Å². The highest BCUT2D eigenvalue weighted by atomic mass is 32.2. The number of aryl methyl sites for hydroxylation is 1. The molecule has 2 aromatic rings. The molecule has 2 rings (SSSR count). The Kier molecular flexibility index (Phi) is 6.88. The van der Waals surface area contributed by atoms with Crippen molar-refractivity contribution in [1.29, 1.82) is 0 Å². The molecule has 0 aliphatic carbocycles. The Bertz CT molecular complexity index is 904. The van der Waals surface area contributed by atoms with Crippen LogP contribution in [0.1, 0.15) is 16.1 Å². The Hall–Kier alpha value is -2.95. The molecule has 0 aliphatic rings. The van der Waals surface area contributed by atoms with E-state index >= 15 is 0 Å². The van der Waals surface area contributed by atoms with Crippen LogP contribution in [-0.4, -0.2) is 41.3 Å². The van der Waals surface area contributed by atoms with Crippen LogP contribution in [0.4, 0.5) is 14.5 Å². The predicted octanol–water partition coefficient (Wildman–Crippen LogP) is 2.20. The third-order valence-corrected chi connectivity index (χ3v) is 4.17. The minimum Gasteiger partial charge on any atom is -0.465 e. The van der Waals surface area contributed by atoms with Gasteiger partial charge in [-0.1, -0.05) is 23.9 Å². The number of esters is 1. The molecule has 0 unspecified atom stereocenters. The second-order valence-corrected chi connectivity index (χ2v) is 6.01. The Balaban J connectivity index is 2.13. The molecular formula is C16H15F2N3O5S. The first-order valence-electron chi connectivity index (χ1n) is 7.47. The number of alkyl halides is 2. The molecule has 1 aromatic carbocycles. The Morgan fingerprint density at radius 2 is 2.04 bits per heavy atom. The van der Waals surface area contributed by atoms with E-state index in [1.165, 1.54) is 38.3 Å². The predicted molar refractivity (Wildman–Crippen MR) is 93.4 cm³/mol. The average molecular weight is 399 g/mol. The van der Waals surface area contributed by atoms with Gasteiger partial charge in [-0.25, -0.2) is 9.59 Å². The van der Waals surface area contributed by atoms with Crippen molar-refractivity contribution in [3.05, 3.63) is 46.0 Å². The van der Waals surface area contributed by atoms with Crippen LogP contribution >= 0.6 is 11.8 Å². The molecule has 0 bridgehead atoms. The summed E-state index contributed by atoms with van der Waals surface area (Å²) < 4.78 is 33.8. The lowest BCUT2D eigenvalue weighted by molar-refractivity contribution is -0.113. The molecule has 1 amide bonds. The zero-order valence-electron chi connectivity index (χ0n) is 14.2. The second kappa shape index (κ2) is 9.12. The molecule has 144 valence electrons. The van der Waals surface area contributed by atoms with Crippen molar-refractivity contribution in [2.75, 3.05) is 18.2 Å². The summed E-state index contributed by atoms with van der Waals surface area (Å²) in [6.07, 6.45) is 0. The number of carbonyl (C=O) groups is 2. The monoisotopic (exact) mass is 399 g/mol. The van der Waals surface area contributed by atoms with Gasteiger partial charge < -0.3 is 19.8 Å². The molecule has 1 aromatic heterocycles. The summed E-state index contributed by atoms with van der Waals surface area (Å²) in [6.45, 7) is -1.54. The number of nitrogens with zero attached hydrogens (tertiary/aromatic N) is 1. The zero-order chi connectivity index (χ0) is 20.0. The molecule has 11 heteroatoms. The topological polar surface area (TPSA) is 110 Å². The van der Waals surface area contributed by atoms with Gasteiger partial charge in [0.25, 0.3) is 0 Å². The van der Waals surface area contributed by atoms with Gasteiger partial charge in [-0.05, 0) is 19.1 Å². The van der Waals surface area contributed by atoms with E-state index in [1.54, 1.807) is 0 Å². The number of ether oxygens (including phenoxy) is 2. The number of hydrogen-bond donors (Lipinski definition) is 2. The third-order valence-electron chi connectivity index (χ3n) is 3.19. The number of hydrogen-bond acceptors (Lipinski definition) is 7. The van der Waals surface area contributed by atoms with Crippen molar-refractivity contribution in [1.82, 2.24) is 9.97 Å². The molecule has 0 fully saturated rings. The summed E-state index contributed by atoms with van der Waals surface area (Å²) >= 11 is 0.833. The van der Waals surface area contributed by atoms with Gasteiger partial charge in [0, 0.05) is 5.69 Å². The van der Waals surface area contributed by atoms with Crippen molar-refractivity contribution < 1.29 is 27.8 Å². The number of halogens is 2. The number of nitrogens with one attached hydrogen (secondary N) is 2. The Labute approximate surface area is 156 Å². The first-order chi connectivity index (χ1) is 12.8. The highest BCUT2D eigenvalue weighted by Gasteiger charge is 2.20. The summed E-state index contributed by atoms with van der Waals surface area (Å²) in [4.78, 5) is 41.6. The van der Waals surface area contributed by atoms with E-state index < -0.39 is 24.2 Å². The lowest BCUT2D eigenvalue weighted by Crippen LogP contribution is -2.20. The number of para-hydroxylation sites is 2. The minimum absolute atomic E-state index is 0.0235. The van der Waals surface area contributed by atoms with E-state index in [0.717, 1.165) is 11.8 Å². The molecule has 0 saturated heterocycles. The first-order valence-corrected chi connectivity index (χ1v) is 8.46. The van der Waals surface area contributed by atoms with E-state index in [4.69, 9.17) is 0 Å². The molecule has 0 saturated carbocycles. The number of amides is 1. The number of H-pyrrole nitrogens is 1. The van der Waals surface area contributed by atoms with Gasteiger partial charge in [0.2, 0.25) is 5.91 Å². The number of aromatic amines is 1. The van der Waals surface area contributed by atoms with E-state index in [9.17, 15) is 23.2 Å². The van der Waals surface area contributed by atoms with Gasteiger partial charge in [-0.2, -0.15) is 13.8 Å². The fourth-order valence-corrected chi connectivity index (χ4v) is 2.96. The van der Waals surface area contributed by atoms with Gasteiger partial charge in [0.05, 0.1) is 18.6 Å². The molecule has 0 atom stereocenters. The van der Waals surface area contributed by atoms with Crippen LogP contribution in [0.3, 0.4) is 0 Å². The van der Waals surface area contributed by atoms with Crippen LogP contribution in [0.5, 0.6) is 5.75 Å². The molecule has 0 spiro atoms. The minimum atomic E-state index is -3.04. The van der Waals surface area contributed by atoms with Crippen molar-refractivity contribution >= 4 is 29.3 Å². The second-order valence-electron chi connectivity index (χ2n) is 5.05. The fourth-order valence-electron chi connectivity index (χ4n) is 2.10. The number of thioether (sulfide) groups is 1. The summed E-state index contributed by atoms with van der Waals surface area (Å²) in [5, 5.41) is 2.45. The molecule has 27 heavy (non-hydrogen) atoms. The van der Waals surface area contributed by atoms with E-state index in [1.807, 2.05) is 0 Å². The van der Waals surface area contributed by atoms with Crippen LogP contribution in [0, 0.1) is 6.92 Å². The van der Waals surface area contributed by atoms with Crippen molar-refractivity contribution in [2.45, 2.75) is 18.6 Å². The maximum absolute atomic E-state index is 12.4. The van der Waals surface area contributed by atoms with E-state index in [0.29, 0.717) is 0 Å². The maximum Gasteiger partial charge on any atom is 0.387 e. The van der Waals surface area contributed by atoms with Gasteiger partial charge in [0.15, 0.2) is 0 Å². The summed E-state index contributed by atoms with van der Waals surface area (Å²) in [7, 11) is 1.17. The summed E-state index contributed by atoms with van der Waals surface area (Å²) in [5.41, 5.74) is -0.331. The number of methoxy groups -OCH3 is 1. The standard InChI is InChI=1S/C16H15F2N3O5S/c1-8-12(14(23)25-2)13(21-16(24)19-8)27-7-11(22)20-9-5-3-4-6-10(9)26-15(17)18/h3-6,15H,7H2,1-2H3,(H,20,22)(H,19,21,24). The molecule has 0 aliphatic heterocycles. The van der Waals surface area contributed by atoms with Crippen LogP contribution in [0.25, 0.3) is 0 Å². The molecule has 1 heterocycles. The zero-order valence-corrected chi connectivity index (χ0v) is 15.1. The highest BCUT2D eigenvalue weighted by molar-refractivity contribution is 8.00. The Morgan fingerprint density at radius 1 is 1.33 bits per heavy atom. The average Bonchev–Trinajstić information content (AvgIpc) is 2.60. The fraction of sp³-hybridized carbons (Fsp3) is 0.250. The molecular weight excluding hydrogens is 384 g/mol. The van der Waals surface area contributed by atoms with E-state index in [2.05, 4.69) is 24.8 Å². The quantitative estimate of drug-likeness (QED) is 0.417. The van der Waals surface area contributed by atoms with Crippen LogP contribution in [0.2, 0.25) is 0 Å². The van der Waals surface area contributed by atoms with Gasteiger partial charge >= 0.3 is 18.3 Å². The van der Waals surface area contributed by atoms with Crippen LogP contribution in [-0.2, 0) is 9.53 Å². The van der Waals surface area contributed by atoms with Crippen molar-refractivity contribution in [3.8, 4) is 5.75 Å². The highest BCUT2D eigenvalue weighted by Crippen LogP contribution is 2.26. The van der Waals surface area contributed by atoms with Gasteiger partial charge in [0.1, 0.15) is 16.3 Å². The summed E-state index contributed by atoms with van der Waals surface area (Å²) in [5.74, 6) is -1.70. The van der Waals surface area contributed by atoms with Crippen molar-refractivity contribution in [2.24, 2.45) is 0 Å². The normalized spacial score (nSPS) is 10.6. The molecule has 2 N–H and O–H groups in total. The maximum atomic E-state index is 12.4. The lowest BCUT2D eigenvalue weighted by Gasteiger charge is -2.12. The largest absolute Gasteiger partial charge is 0.465 e. The van der Waals surface area contributed by atoms with Crippen LogP contribution < -0.4 is 15.7 Å². The first kappa shape index (κ1) is 20.4. The number of anilines is 1. The molecule has 0 radical (unpaired) electrons. The number of aromatic nitrogens is 2. The number of benzene rings is 1. The summed E-state index contributed by atoms with van der Waals surface area (Å²) in [6, 6.07) is 5.70. The number of carbonyl (C=O) groups excluding carboxylic acids is 2. The van der Waals surface area contributed by atoms with Gasteiger partial charge in [-0.3, -0.25) is 4.79 Å². The van der Waals surface area contributed by atoms with Crippen molar-refractivity contribution in [3.63, 3.8) is 0 Å².